The number of amides is 1. The van der Waals surface area contributed by atoms with Crippen molar-refractivity contribution in [1.82, 2.24) is 15.3 Å². The summed E-state index contributed by atoms with van der Waals surface area (Å²) in [4.78, 5) is 31.0. The molecule has 0 fully saturated rings. The molecule has 0 radical (unpaired) electrons. The van der Waals surface area contributed by atoms with E-state index < -0.39 is 0 Å². The molecule has 134 valence electrons. The van der Waals surface area contributed by atoms with Crippen molar-refractivity contribution in [3.8, 4) is 5.75 Å². The molecule has 1 heterocycles. The zero-order chi connectivity index (χ0) is 18.1. The fourth-order valence-electron chi connectivity index (χ4n) is 2.49. The zero-order valence-corrected chi connectivity index (χ0v) is 14.8. The second-order valence-electron chi connectivity index (χ2n) is 5.92. The van der Waals surface area contributed by atoms with Crippen molar-refractivity contribution >= 4 is 5.91 Å². The van der Waals surface area contributed by atoms with Crippen LogP contribution in [0, 0.1) is 0 Å². The van der Waals surface area contributed by atoms with Crippen molar-refractivity contribution in [1.29, 1.82) is 0 Å². The molecular formula is C19H25N3O3. The molecule has 2 aromatic rings. The van der Waals surface area contributed by atoms with Gasteiger partial charge in [-0.25, -0.2) is 4.98 Å². The highest BCUT2D eigenvalue weighted by atomic mass is 16.5. The van der Waals surface area contributed by atoms with Crippen LogP contribution in [-0.2, 0) is 6.42 Å². The molecular weight excluding hydrogens is 318 g/mol. The van der Waals surface area contributed by atoms with Crippen molar-refractivity contribution in [3.05, 3.63) is 57.8 Å². The summed E-state index contributed by atoms with van der Waals surface area (Å²) in [5.74, 6) is 0.925. The maximum absolute atomic E-state index is 12.2. The maximum atomic E-state index is 12.2. The molecule has 0 unspecified atom stereocenters. The quantitative estimate of drug-likeness (QED) is 0.686. The van der Waals surface area contributed by atoms with E-state index in [0.29, 0.717) is 18.8 Å². The van der Waals surface area contributed by atoms with E-state index in [-0.39, 0.29) is 17.2 Å². The minimum Gasteiger partial charge on any atom is -0.497 e. The number of aromatic amines is 1. The van der Waals surface area contributed by atoms with Crippen LogP contribution in [0.3, 0.4) is 0 Å². The van der Waals surface area contributed by atoms with Gasteiger partial charge in [-0.1, -0.05) is 38.3 Å². The summed E-state index contributed by atoms with van der Waals surface area (Å²) in [7, 11) is 1.61. The zero-order valence-electron chi connectivity index (χ0n) is 14.8. The molecule has 1 amide bonds. The summed E-state index contributed by atoms with van der Waals surface area (Å²) in [6, 6.07) is 8.73. The molecule has 0 saturated carbocycles. The molecule has 2 rings (SSSR count). The van der Waals surface area contributed by atoms with Gasteiger partial charge in [-0.3, -0.25) is 9.59 Å². The summed E-state index contributed by atoms with van der Waals surface area (Å²) >= 11 is 0. The van der Waals surface area contributed by atoms with E-state index >= 15 is 0 Å². The smallest absolute Gasteiger partial charge is 0.270 e. The maximum Gasteiger partial charge on any atom is 0.270 e. The predicted molar refractivity (Wildman–Crippen MR) is 97.1 cm³/mol. The fraction of sp³-hybridized carbons (Fsp3) is 0.421. The van der Waals surface area contributed by atoms with Crippen LogP contribution in [-0.4, -0.2) is 29.5 Å². The normalized spacial score (nSPS) is 10.5. The molecule has 0 aliphatic heterocycles. The molecule has 0 aliphatic carbocycles. The molecule has 1 aromatic carbocycles. The molecule has 0 bridgehead atoms. The Bertz CT molecular complexity index is 738. The van der Waals surface area contributed by atoms with Gasteiger partial charge in [-0.15, -0.1) is 0 Å². The molecule has 0 spiro atoms. The van der Waals surface area contributed by atoms with E-state index in [0.717, 1.165) is 37.0 Å². The lowest BCUT2D eigenvalue weighted by molar-refractivity contribution is 0.0947. The number of rotatable bonds is 9. The molecule has 0 atom stereocenters. The van der Waals surface area contributed by atoms with E-state index in [1.165, 1.54) is 6.07 Å². The van der Waals surface area contributed by atoms with Gasteiger partial charge in [0.05, 0.1) is 7.11 Å². The van der Waals surface area contributed by atoms with Crippen LogP contribution < -0.4 is 15.6 Å². The molecule has 0 aliphatic rings. The van der Waals surface area contributed by atoms with Gasteiger partial charge in [0.2, 0.25) is 0 Å². The van der Waals surface area contributed by atoms with E-state index in [4.69, 9.17) is 4.74 Å². The van der Waals surface area contributed by atoms with E-state index in [1.807, 2.05) is 24.3 Å². The van der Waals surface area contributed by atoms with Crippen LogP contribution in [0.5, 0.6) is 5.75 Å². The van der Waals surface area contributed by atoms with E-state index in [9.17, 15) is 9.59 Å². The first kappa shape index (κ1) is 18.7. The molecule has 6 nitrogen and oxygen atoms in total. The number of carbonyl (C=O) groups is 1. The minimum atomic E-state index is -0.324. The number of nitrogens with one attached hydrogen (secondary N) is 2. The number of aromatic nitrogens is 2. The monoisotopic (exact) mass is 343 g/mol. The van der Waals surface area contributed by atoms with Crippen LogP contribution >= 0.6 is 0 Å². The van der Waals surface area contributed by atoms with E-state index in [2.05, 4.69) is 22.2 Å². The van der Waals surface area contributed by atoms with Crippen molar-refractivity contribution < 1.29 is 9.53 Å². The number of H-pyrrole nitrogens is 1. The van der Waals surface area contributed by atoms with Gasteiger partial charge in [0.25, 0.3) is 11.5 Å². The standard InChI is InChI=1S/C19H25N3O3/c1-3-4-5-6-11-20-19(24)16-13-18(23)22-17(21-16)12-14-7-9-15(25-2)10-8-14/h7-10,13H,3-6,11-12H2,1-2H3,(H,20,24)(H,21,22,23). The number of ether oxygens (including phenoxy) is 1. The second kappa shape index (κ2) is 9.61. The van der Waals surface area contributed by atoms with Gasteiger partial charge in [-0.05, 0) is 24.1 Å². The van der Waals surface area contributed by atoms with Crippen LogP contribution in [0.15, 0.2) is 35.1 Å². The number of methoxy groups -OCH3 is 1. The third-order valence-corrected chi connectivity index (χ3v) is 3.87. The van der Waals surface area contributed by atoms with Crippen molar-refractivity contribution in [3.63, 3.8) is 0 Å². The summed E-state index contributed by atoms with van der Waals surface area (Å²) in [5, 5.41) is 2.82. The Kier molecular flexibility index (Phi) is 7.19. The summed E-state index contributed by atoms with van der Waals surface area (Å²) in [5.41, 5.74) is 0.804. The summed E-state index contributed by atoms with van der Waals surface area (Å²) in [6.07, 6.45) is 4.77. The SMILES string of the molecule is CCCCCCNC(=O)c1cc(=O)[nH]c(Cc2ccc(OC)cc2)n1. The van der Waals surface area contributed by atoms with Crippen LogP contribution in [0.25, 0.3) is 0 Å². The van der Waals surface area contributed by atoms with Crippen molar-refractivity contribution in [2.75, 3.05) is 13.7 Å². The number of benzene rings is 1. The molecule has 6 heteroatoms. The third-order valence-electron chi connectivity index (χ3n) is 3.87. The van der Waals surface area contributed by atoms with Crippen molar-refractivity contribution in [2.45, 2.75) is 39.0 Å². The highest BCUT2D eigenvalue weighted by Gasteiger charge is 2.10. The molecule has 2 N–H and O–H groups in total. The Balaban J connectivity index is 2.01. The second-order valence-corrected chi connectivity index (χ2v) is 5.92. The average molecular weight is 343 g/mol. The lowest BCUT2D eigenvalue weighted by Gasteiger charge is -2.07. The lowest BCUT2D eigenvalue weighted by atomic mass is 10.1. The van der Waals surface area contributed by atoms with Gasteiger partial charge in [-0.2, -0.15) is 0 Å². The average Bonchev–Trinajstić information content (AvgIpc) is 2.61. The summed E-state index contributed by atoms with van der Waals surface area (Å²) in [6.45, 7) is 2.74. The lowest BCUT2D eigenvalue weighted by Crippen LogP contribution is -2.28. The van der Waals surface area contributed by atoms with Gasteiger partial charge >= 0.3 is 0 Å². The number of carbonyl (C=O) groups excluding carboxylic acids is 1. The largest absolute Gasteiger partial charge is 0.497 e. The van der Waals surface area contributed by atoms with Crippen LogP contribution in [0.1, 0.15) is 54.5 Å². The Labute approximate surface area is 147 Å². The van der Waals surface area contributed by atoms with Crippen molar-refractivity contribution in [2.24, 2.45) is 0 Å². The number of nitrogens with zero attached hydrogens (tertiary/aromatic N) is 1. The predicted octanol–water partition coefficient (Wildman–Crippen LogP) is 2.68. The van der Waals surface area contributed by atoms with Gasteiger partial charge in [0.1, 0.15) is 17.3 Å². The van der Waals surface area contributed by atoms with E-state index in [1.54, 1.807) is 7.11 Å². The fourth-order valence-corrected chi connectivity index (χ4v) is 2.49. The third kappa shape index (κ3) is 6.06. The number of hydrogen-bond acceptors (Lipinski definition) is 4. The van der Waals surface area contributed by atoms with Crippen LogP contribution in [0.2, 0.25) is 0 Å². The first-order valence-electron chi connectivity index (χ1n) is 8.63. The minimum absolute atomic E-state index is 0.155. The highest BCUT2D eigenvalue weighted by molar-refractivity contribution is 5.92. The Morgan fingerprint density at radius 2 is 1.96 bits per heavy atom. The Hall–Kier alpha value is -2.63. The van der Waals surface area contributed by atoms with Gasteiger partial charge < -0.3 is 15.0 Å². The number of hydrogen-bond donors (Lipinski definition) is 2. The van der Waals surface area contributed by atoms with Gasteiger partial charge in [0.15, 0.2) is 0 Å². The first-order chi connectivity index (χ1) is 12.1. The molecule has 1 aromatic heterocycles. The topological polar surface area (TPSA) is 84.1 Å². The first-order valence-corrected chi connectivity index (χ1v) is 8.63. The highest BCUT2D eigenvalue weighted by Crippen LogP contribution is 2.13. The van der Waals surface area contributed by atoms with Crippen LogP contribution in [0.4, 0.5) is 0 Å². The molecule has 25 heavy (non-hydrogen) atoms. The Morgan fingerprint density at radius 3 is 2.64 bits per heavy atom. The Morgan fingerprint density at radius 1 is 1.20 bits per heavy atom. The number of unbranched alkanes of at least 4 members (excludes halogenated alkanes) is 3. The molecule has 0 saturated heterocycles. The summed E-state index contributed by atoms with van der Waals surface area (Å²) < 4.78 is 5.12. The van der Waals surface area contributed by atoms with Gasteiger partial charge in [0, 0.05) is 19.0 Å².